The minimum atomic E-state index is -3.47. The minimum absolute atomic E-state index is 0.0364. The highest BCUT2D eigenvalue weighted by Crippen LogP contribution is 2.37. The molecule has 2 rings (SSSR count). The third-order valence-electron chi connectivity index (χ3n) is 3.27. The molecule has 2 unspecified atom stereocenters. The van der Waals surface area contributed by atoms with Gasteiger partial charge in [0, 0.05) is 17.7 Å². The molecule has 1 aromatic carbocycles. The molecule has 19 heavy (non-hydrogen) atoms. The van der Waals surface area contributed by atoms with Crippen molar-refractivity contribution in [3.8, 4) is 0 Å². The standard InChI is InChI=1S/C12H12ClF3O2S/c13-12(10-3-1-2-4-19(10,17)18)11-8(15)5-7(14)6-9(11)16/h5-6,10,12H,1-4H2. The number of sulfone groups is 1. The molecule has 106 valence electrons. The van der Waals surface area contributed by atoms with Crippen LogP contribution < -0.4 is 0 Å². The van der Waals surface area contributed by atoms with Crippen LogP contribution in [0.2, 0.25) is 0 Å². The Labute approximate surface area is 114 Å². The van der Waals surface area contributed by atoms with Crippen molar-refractivity contribution in [2.45, 2.75) is 29.9 Å². The maximum atomic E-state index is 13.6. The topological polar surface area (TPSA) is 34.1 Å². The molecule has 1 fully saturated rings. The molecule has 1 aliphatic heterocycles. The fourth-order valence-corrected chi connectivity index (χ4v) is 5.05. The van der Waals surface area contributed by atoms with Crippen molar-refractivity contribution >= 4 is 21.4 Å². The van der Waals surface area contributed by atoms with E-state index < -0.39 is 43.5 Å². The highest BCUT2D eigenvalue weighted by molar-refractivity contribution is 7.92. The highest BCUT2D eigenvalue weighted by Gasteiger charge is 2.37. The Morgan fingerprint density at radius 2 is 1.74 bits per heavy atom. The molecule has 0 aliphatic carbocycles. The molecule has 0 amide bonds. The van der Waals surface area contributed by atoms with Crippen LogP contribution in [0.5, 0.6) is 0 Å². The van der Waals surface area contributed by atoms with Crippen molar-refractivity contribution in [3.05, 3.63) is 35.1 Å². The average Bonchev–Trinajstić information content (AvgIpc) is 2.26. The van der Waals surface area contributed by atoms with E-state index in [4.69, 9.17) is 11.6 Å². The summed E-state index contributed by atoms with van der Waals surface area (Å²) in [6, 6.07) is 1.01. The summed E-state index contributed by atoms with van der Waals surface area (Å²) in [5.41, 5.74) is -0.571. The van der Waals surface area contributed by atoms with E-state index in [2.05, 4.69) is 0 Å². The van der Waals surface area contributed by atoms with Gasteiger partial charge >= 0.3 is 0 Å². The van der Waals surface area contributed by atoms with Crippen LogP contribution in [-0.4, -0.2) is 19.4 Å². The van der Waals surface area contributed by atoms with E-state index in [1.165, 1.54) is 0 Å². The van der Waals surface area contributed by atoms with Crippen LogP contribution in [0.1, 0.15) is 30.2 Å². The highest BCUT2D eigenvalue weighted by atomic mass is 35.5. The zero-order chi connectivity index (χ0) is 14.2. The van der Waals surface area contributed by atoms with Gasteiger partial charge in [-0.3, -0.25) is 0 Å². The van der Waals surface area contributed by atoms with Gasteiger partial charge in [0.2, 0.25) is 0 Å². The molecule has 0 bridgehead atoms. The van der Waals surface area contributed by atoms with Crippen molar-refractivity contribution in [2.24, 2.45) is 0 Å². The Hall–Kier alpha value is -0.750. The largest absolute Gasteiger partial charge is 0.228 e. The molecule has 0 aromatic heterocycles. The van der Waals surface area contributed by atoms with Gasteiger partial charge in [-0.05, 0) is 12.8 Å². The molecule has 1 aliphatic rings. The van der Waals surface area contributed by atoms with Gasteiger partial charge in [0.05, 0.1) is 16.4 Å². The average molecular weight is 313 g/mol. The fraction of sp³-hybridized carbons (Fsp3) is 0.500. The van der Waals surface area contributed by atoms with Gasteiger partial charge in [0.15, 0.2) is 9.84 Å². The van der Waals surface area contributed by atoms with Crippen LogP contribution in [-0.2, 0) is 9.84 Å². The maximum Gasteiger partial charge on any atom is 0.154 e. The van der Waals surface area contributed by atoms with Gasteiger partial charge < -0.3 is 0 Å². The lowest BCUT2D eigenvalue weighted by Crippen LogP contribution is -2.32. The molecule has 1 heterocycles. The first-order valence-electron chi connectivity index (χ1n) is 5.83. The lowest BCUT2D eigenvalue weighted by Gasteiger charge is -2.26. The molecule has 0 N–H and O–H groups in total. The van der Waals surface area contributed by atoms with Crippen LogP contribution in [0.4, 0.5) is 13.2 Å². The summed E-state index contributed by atoms with van der Waals surface area (Å²) in [5, 5.41) is -2.37. The fourth-order valence-electron chi connectivity index (χ4n) is 2.31. The van der Waals surface area contributed by atoms with Crippen LogP contribution in [0, 0.1) is 17.5 Å². The summed E-state index contributed by atoms with van der Waals surface area (Å²) in [5.74, 6) is -3.41. The summed E-state index contributed by atoms with van der Waals surface area (Å²) in [4.78, 5) is 0. The Morgan fingerprint density at radius 3 is 2.26 bits per heavy atom. The quantitative estimate of drug-likeness (QED) is 0.785. The molecule has 2 nitrogen and oxygen atoms in total. The number of hydrogen-bond donors (Lipinski definition) is 0. The van der Waals surface area contributed by atoms with Crippen molar-refractivity contribution in [2.75, 3.05) is 5.75 Å². The first-order valence-corrected chi connectivity index (χ1v) is 7.98. The van der Waals surface area contributed by atoms with E-state index in [9.17, 15) is 21.6 Å². The van der Waals surface area contributed by atoms with Crippen LogP contribution >= 0.6 is 11.6 Å². The molecule has 0 radical (unpaired) electrons. The van der Waals surface area contributed by atoms with E-state index in [0.29, 0.717) is 25.0 Å². The Morgan fingerprint density at radius 1 is 1.16 bits per heavy atom. The number of benzene rings is 1. The summed E-state index contributed by atoms with van der Waals surface area (Å²) in [6.07, 6.45) is 1.42. The third kappa shape index (κ3) is 2.89. The van der Waals surface area contributed by atoms with Crippen molar-refractivity contribution in [1.29, 1.82) is 0 Å². The van der Waals surface area contributed by atoms with Gasteiger partial charge in [0.25, 0.3) is 0 Å². The zero-order valence-corrected chi connectivity index (χ0v) is 11.4. The second-order valence-corrected chi connectivity index (χ2v) is 7.40. The summed E-state index contributed by atoms with van der Waals surface area (Å²) >= 11 is 5.95. The maximum absolute atomic E-state index is 13.6. The molecule has 2 atom stereocenters. The normalized spacial score (nSPS) is 24.1. The van der Waals surface area contributed by atoms with E-state index in [1.807, 2.05) is 0 Å². The molecular weight excluding hydrogens is 301 g/mol. The van der Waals surface area contributed by atoms with Crippen molar-refractivity contribution in [1.82, 2.24) is 0 Å². The molecule has 0 saturated carbocycles. The summed E-state index contributed by atoms with van der Waals surface area (Å²) in [6.45, 7) is 0. The Balaban J connectivity index is 2.42. The first-order chi connectivity index (χ1) is 8.83. The first kappa shape index (κ1) is 14.7. The molecule has 7 heteroatoms. The van der Waals surface area contributed by atoms with Gasteiger partial charge in [-0.2, -0.15) is 0 Å². The second-order valence-electron chi connectivity index (χ2n) is 4.59. The summed E-state index contributed by atoms with van der Waals surface area (Å²) < 4.78 is 63.8. The van der Waals surface area contributed by atoms with Crippen LogP contribution in [0.25, 0.3) is 0 Å². The molecule has 1 saturated heterocycles. The van der Waals surface area contributed by atoms with E-state index in [-0.39, 0.29) is 12.2 Å². The zero-order valence-electron chi connectivity index (χ0n) is 9.87. The Kier molecular flexibility index (Phi) is 4.11. The minimum Gasteiger partial charge on any atom is -0.228 e. The van der Waals surface area contributed by atoms with Crippen molar-refractivity contribution < 1.29 is 21.6 Å². The Bertz CT molecular complexity index is 566. The van der Waals surface area contributed by atoms with Crippen molar-refractivity contribution in [3.63, 3.8) is 0 Å². The van der Waals surface area contributed by atoms with Gasteiger partial charge in [-0.15, -0.1) is 11.6 Å². The number of rotatable bonds is 2. The molecule has 0 spiro atoms. The third-order valence-corrected chi connectivity index (χ3v) is 6.23. The van der Waals surface area contributed by atoms with Crippen LogP contribution in [0.3, 0.4) is 0 Å². The van der Waals surface area contributed by atoms with E-state index in [0.717, 1.165) is 0 Å². The number of halogens is 4. The number of hydrogen-bond acceptors (Lipinski definition) is 2. The van der Waals surface area contributed by atoms with E-state index in [1.54, 1.807) is 0 Å². The van der Waals surface area contributed by atoms with Gasteiger partial charge in [-0.25, -0.2) is 21.6 Å². The predicted octanol–water partition coefficient (Wildman–Crippen LogP) is 3.35. The SMILES string of the molecule is O=S1(=O)CCCCC1C(Cl)c1c(F)cc(F)cc1F. The molecule has 1 aromatic rings. The second kappa shape index (κ2) is 5.32. The monoisotopic (exact) mass is 312 g/mol. The number of alkyl halides is 1. The van der Waals surface area contributed by atoms with Crippen LogP contribution in [0.15, 0.2) is 12.1 Å². The van der Waals surface area contributed by atoms with Gasteiger partial charge in [0.1, 0.15) is 17.5 Å². The summed E-state index contributed by atoms with van der Waals surface area (Å²) in [7, 11) is -3.47. The smallest absolute Gasteiger partial charge is 0.154 e. The lowest BCUT2D eigenvalue weighted by atomic mass is 10.0. The predicted molar refractivity (Wildman–Crippen MR) is 66.3 cm³/mol. The molecular formula is C12H12ClF3O2S. The lowest BCUT2D eigenvalue weighted by molar-refractivity contribution is 0.498. The van der Waals surface area contributed by atoms with Gasteiger partial charge in [-0.1, -0.05) is 6.42 Å². The van der Waals surface area contributed by atoms with E-state index >= 15 is 0 Å².